The number of rotatable bonds is 7. The van der Waals surface area contributed by atoms with Gasteiger partial charge in [-0.2, -0.15) is 0 Å². The van der Waals surface area contributed by atoms with Crippen LogP contribution >= 0.6 is 0 Å². The fourth-order valence-electron chi connectivity index (χ4n) is 3.90. The van der Waals surface area contributed by atoms with Gasteiger partial charge in [0.25, 0.3) is 0 Å². The van der Waals surface area contributed by atoms with Crippen LogP contribution in [0, 0.1) is 0 Å². The summed E-state index contributed by atoms with van der Waals surface area (Å²) in [5.74, 6) is 0.890. The van der Waals surface area contributed by atoms with Crippen molar-refractivity contribution in [2.75, 3.05) is 7.11 Å². The first-order chi connectivity index (χ1) is 13.8. The summed E-state index contributed by atoms with van der Waals surface area (Å²) in [5.41, 5.74) is -0.286. The van der Waals surface area contributed by atoms with Crippen molar-refractivity contribution < 1.29 is 23.4 Å². The Balaban J connectivity index is 1.75. The van der Waals surface area contributed by atoms with E-state index in [9.17, 15) is 0 Å². The molecule has 2 saturated heterocycles. The molecule has 5 nitrogen and oxygen atoms in total. The van der Waals surface area contributed by atoms with E-state index in [1.165, 1.54) is 5.56 Å². The van der Waals surface area contributed by atoms with Gasteiger partial charge in [0.15, 0.2) is 0 Å². The second kappa shape index (κ2) is 8.16. The molecule has 2 aliphatic rings. The predicted molar refractivity (Wildman–Crippen MR) is 122 cm³/mol. The summed E-state index contributed by atoms with van der Waals surface area (Å²) in [6.07, 6.45) is 2.81. The molecule has 7 heteroatoms. The quantitative estimate of drug-likeness (QED) is 0.578. The minimum Gasteiger partial charge on any atom is -0.497 e. The van der Waals surface area contributed by atoms with Crippen LogP contribution in [0.4, 0.5) is 0 Å². The normalized spacial score (nSPS) is 23.9. The molecule has 166 valence electrons. The van der Waals surface area contributed by atoms with Crippen LogP contribution in [0.15, 0.2) is 24.3 Å². The summed E-state index contributed by atoms with van der Waals surface area (Å²) >= 11 is 0. The third-order valence-corrected chi connectivity index (χ3v) is 7.38. The highest BCUT2D eigenvalue weighted by Gasteiger charge is 2.61. The van der Waals surface area contributed by atoms with Gasteiger partial charge in [-0.15, -0.1) is 0 Å². The molecule has 2 aliphatic heterocycles. The molecule has 1 aromatic rings. The summed E-state index contributed by atoms with van der Waals surface area (Å²) in [4.78, 5) is 0. The van der Waals surface area contributed by atoms with Crippen molar-refractivity contribution in [2.45, 2.75) is 103 Å². The lowest BCUT2D eigenvalue weighted by Gasteiger charge is -2.32. The molecular formula is C23H38B2O5. The number of hydrogen-bond donors (Lipinski definition) is 0. The average Bonchev–Trinajstić information content (AvgIpc) is 2.98. The average molecular weight is 416 g/mol. The van der Waals surface area contributed by atoms with Gasteiger partial charge in [0.2, 0.25) is 0 Å². The maximum atomic E-state index is 6.41. The van der Waals surface area contributed by atoms with Gasteiger partial charge < -0.3 is 23.4 Å². The Morgan fingerprint density at radius 2 is 1.27 bits per heavy atom. The largest absolute Gasteiger partial charge is 0.497 e. The highest BCUT2D eigenvalue weighted by molar-refractivity contribution is 6.68. The first-order valence-electron chi connectivity index (χ1n) is 11.1. The van der Waals surface area contributed by atoms with E-state index in [1.54, 1.807) is 7.11 Å². The van der Waals surface area contributed by atoms with Gasteiger partial charge in [-0.1, -0.05) is 18.6 Å². The maximum absolute atomic E-state index is 6.41. The van der Waals surface area contributed by atoms with Crippen molar-refractivity contribution in [1.29, 1.82) is 0 Å². The predicted octanol–water partition coefficient (Wildman–Crippen LogP) is 5.11. The Morgan fingerprint density at radius 1 is 0.800 bits per heavy atom. The van der Waals surface area contributed by atoms with E-state index in [2.05, 4.69) is 67.5 Å². The number of aryl methyl sites for hydroxylation is 1. The van der Waals surface area contributed by atoms with Crippen LogP contribution in [-0.4, -0.2) is 43.8 Å². The molecule has 0 spiro atoms. The van der Waals surface area contributed by atoms with Gasteiger partial charge in [0, 0.05) is 5.72 Å². The van der Waals surface area contributed by atoms with Crippen molar-refractivity contribution in [3.63, 3.8) is 0 Å². The van der Waals surface area contributed by atoms with E-state index in [-0.39, 0.29) is 42.4 Å². The lowest BCUT2D eigenvalue weighted by atomic mass is 9.50. The second-order valence-corrected chi connectivity index (χ2v) is 10.7. The van der Waals surface area contributed by atoms with Crippen LogP contribution in [0.5, 0.6) is 5.75 Å². The van der Waals surface area contributed by atoms with Crippen molar-refractivity contribution >= 4 is 14.2 Å². The highest BCUT2D eigenvalue weighted by Crippen LogP contribution is 2.46. The summed E-state index contributed by atoms with van der Waals surface area (Å²) in [7, 11) is 0.969. The molecule has 0 radical (unpaired) electrons. The number of ether oxygens (including phenoxy) is 1. The molecule has 0 aliphatic carbocycles. The fourth-order valence-corrected chi connectivity index (χ4v) is 3.90. The molecule has 1 aromatic carbocycles. The molecule has 3 rings (SSSR count). The number of hydrogen-bond acceptors (Lipinski definition) is 5. The highest BCUT2D eigenvalue weighted by atomic mass is 16.7. The lowest BCUT2D eigenvalue weighted by Crippen LogP contribution is -2.41. The molecular weight excluding hydrogens is 378 g/mol. The van der Waals surface area contributed by atoms with Gasteiger partial charge in [-0.25, -0.2) is 0 Å². The topological polar surface area (TPSA) is 46.2 Å². The first-order valence-corrected chi connectivity index (χ1v) is 11.1. The van der Waals surface area contributed by atoms with E-state index in [1.807, 2.05) is 12.1 Å². The van der Waals surface area contributed by atoms with E-state index in [4.69, 9.17) is 23.4 Å². The Morgan fingerprint density at radius 3 is 1.70 bits per heavy atom. The zero-order chi connectivity index (χ0) is 22.4. The van der Waals surface area contributed by atoms with Crippen LogP contribution in [-0.2, 0) is 25.0 Å². The van der Waals surface area contributed by atoms with Crippen molar-refractivity contribution in [3.05, 3.63) is 29.8 Å². The Hall–Kier alpha value is -1.01. The van der Waals surface area contributed by atoms with Gasteiger partial charge in [-0.3, -0.25) is 0 Å². The molecule has 0 aromatic heterocycles. The summed E-state index contributed by atoms with van der Waals surface area (Å²) in [6, 6.07) is 8.24. The fraction of sp³-hybridized carbons (Fsp3) is 0.739. The molecule has 2 heterocycles. The van der Waals surface area contributed by atoms with Gasteiger partial charge in [0.1, 0.15) is 5.75 Å². The van der Waals surface area contributed by atoms with E-state index in [0.717, 1.165) is 25.0 Å². The third-order valence-electron chi connectivity index (χ3n) is 7.38. The van der Waals surface area contributed by atoms with Crippen LogP contribution in [0.1, 0.15) is 73.8 Å². The van der Waals surface area contributed by atoms with Crippen molar-refractivity contribution in [3.8, 4) is 5.75 Å². The Kier molecular flexibility index (Phi) is 6.43. The summed E-state index contributed by atoms with van der Waals surface area (Å²) in [5, 5.41) is 0. The van der Waals surface area contributed by atoms with E-state index < -0.39 is 0 Å². The Labute approximate surface area is 183 Å². The molecule has 30 heavy (non-hydrogen) atoms. The molecule has 0 N–H and O–H groups in total. The van der Waals surface area contributed by atoms with Crippen molar-refractivity contribution in [2.24, 2.45) is 0 Å². The molecule has 2 fully saturated rings. The molecule has 0 atom stereocenters. The standard InChI is InChI=1S/C23H38B2O5/c1-20(2)21(3,4)28-24(27-20)19(25-29-22(5,6)23(7,8)30-25)15-11-13-17-12-10-14-18(16-17)26-9/h10,12,14,16,19H,11,13,15H2,1-9H3. The van der Waals surface area contributed by atoms with Crippen LogP contribution in [0.25, 0.3) is 0 Å². The minimum atomic E-state index is -0.383. The molecule has 0 saturated carbocycles. The molecule has 0 bridgehead atoms. The summed E-state index contributed by atoms with van der Waals surface area (Å²) in [6.45, 7) is 16.7. The van der Waals surface area contributed by atoms with Crippen molar-refractivity contribution in [1.82, 2.24) is 0 Å². The SMILES string of the molecule is COc1cccc(CCCC(B2OC(C)(C)C(C)(C)O2)B2OC(C)(C)C(C)(C)O2)c1. The Bertz CT molecular complexity index is 679. The lowest BCUT2D eigenvalue weighted by molar-refractivity contribution is 0.00578. The van der Waals surface area contributed by atoms with Gasteiger partial charge in [-0.05, 0) is 85.9 Å². The number of benzene rings is 1. The molecule has 0 unspecified atom stereocenters. The van der Waals surface area contributed by atoms with Gasteiger partial charge in [0.05, 0.1) is 29.5 Å². The van der Waals surface area contributed by atoms with E-state index in [0.29, 0.717) is 0 Å². The van der Waals surface area contributed by atoms with Crippen LogP contribution in [0.2, 0.25) is 5.72 Å². The zero-order valence-corrected chi connectivity index (χ0v) is 20.2. The van der Waals surface area contributed by atoms with Crippen LogP contribution < -0.4 is 4.74 Å². The van der Waals surface area contributed by atoms with Gasteiger partial charge >= 0.3 is 14.2 Å². The minimum absolute atomic E-state index is 0.0160. The first kappa shape index (κ1) is 23.6. The second-order valence-electron chi connectivity index (χ2n) is 10.7. The zero-order valence-electron chi connectivity index (χ0n) is 20.2. The maximum Gasteiger partial charge on any atom is 0.458 e. The summed E-state index contributed by atoms with van der Waals surface area (Å²) < 4.78 is 31.0. The molecule has 0 amide bonds. The number of methoxy groups -OCH3 is 1. The smallest absolute Gasteiger partial charge is 0.458 e. The third kappa shape index (κ3) is 4.59. The monoisotopic (exact) mass is 416 g/mol. The van der Waals surface area contributed by atoms with E-state index >= 15 is 0 Å². The van der Waals surface area contributed by atoms with Crippen LogP contribution in [0.3, 0.4) is 0 Å².